The van der Waals surface area contributed by atoms with Crippen LogP contribution >= 0.6 is 0 Å². The number of aliphatic hydroxyl groups excluding tert-OH is 1. The smallest absolute Gasteiger partial charge is 0.0526 e. The molecule has 0 spiro atoms. The molecule has 0 fully saturated rings. The van der Waals surface area contributed by atoms with E-state index in [0.29, 0.717) is 12.6 Å². The second-order valence-electron chi connectivity index (χ2n) is 5.07. The Morgan fingerprint density at radius 2 is 1.94 bits per heavy atom. The molecule has 98 valence electrons. The summed E-state index contributed by atoms with van der Waals surface area (Å²) in [6, 6.07) is 0.320. The number of aliphatic hydroxyl groups is 1. The fourth-order valence-corrected chi connectivity index (χ4v) is 2.26. The third-order valence-electron chi connectivity index (χ3n) is 3.32. The van der Waals surface area contributed by atoms with Crippen LogP contribution in [0.4, 0.5) is 0 Å². The average molecular weight is 230 g/mol. The van der Waals surface area contributed by atoms with Crippen LogP contribution in [-0.2, 0) is 0 Å². The van der Waals surface area contributed by atoms with E-state index in [-0.39, 0.29) is 11.6 Å². The number of nitrogens with two attached hydrogens (primary N) is 1. The Morgan fingerprint density at radius 3 is 2.31 bits per heavy atom. The third-order valence-corrected chi connectivity index (χ3v) is 3.32. The van der Waals surface area contributed by atoms with Gasteiger partial charge in [-0.25, -0.2) is 0 Å². The number of rotatable bonds is 9. The molecule has 0 amide bonds. The van der Waals surface area contributed by atoms with Gasteiger partial charge >= 0.3 is 0 Å². The summed E-state index contributed by atoms with van der Waals surface area (Å²) in [6.07, 6.45) is 5.12. The Morgan fingerprint density at radius 1 is 1.31 bits per heavy atom. The van der Waals surface area contributed by atoms with Crippen molar-refractivity contribution < 1.29 is 5.11 Å². The molecule has 0 aromatic rings. The van der Waals surface area contributed by atoms with Gasteiger partial charge in [0.2, 0.25) is 0 Å². The fourth-order valence-electron chi connectivity index (χ4n) is 2.26. The molecular formula is C13H30N2O. The zero-order chi connectivity index (χ0) is 12.6. The van der Waals surface area contributed by atoms with Crippen molar-refractivity contribution in [1.82, 2.24) is 5.32 Å². The third kappa shape index (κ3) is 5.83. The maximum Gasteiger partial charge on any atom is 0.0526 e. The average Bonchev–Trinajstić information content (AvgIpc) is 2.23. The molecule has 0 bridgehead atoms. The second kappa shape index (κ2) is 8.04. The van der Waals surface area contributed by atoms with Crippen molar-refractivity contribution in [3.8, 4) is 0 Å². The first-order valence-electron chi connectivity index (χ1n) is 6.65. The SMILES string of the molecule is CCCCC(CC)(CN)NC(C)CC(C)O. The van der Waals surface area contributed by atoms with Gasteiger partial charge in [-0.15, -0.1) is 0 Å². The lowest BCUT2D eigenvalue weighted by Gasteiger charge is -2.36. The Bertz CT molecular complexity index is 167. The Balaban J connectivity index is 4.28. The van der Waals surface area contributed by atoms with Crippen LogP contribution in [0.15, 0.2) is 0 Å². The highest BCUT2D eigenvalue weighted by Crippen LogP contribution is 2.19. The summed E-state index contributed by atoms with van der Waals surface area (Å²) in [4.78, 5) is 0. The van der Waals surface area contributed by atoms with Crippen LogP contribution < -0.4 is 11.1 Å². The Labute approximate surface area is 101 Å². The van der Waals surface area contributed by atoms with Crippen molar-refractivity contribution in [1.29, 1.82) is 0 Å². The largest absolute Gasteiger partial charge is 0.393 e. The van der Waals surface area contributed by atoms with E-state index in [1.807, 2.05) is 6.92 Å². The molecule has 0 aliphatic heterocycles. The van der Waals surface area contributed by atoms with E-state index in [2.05, 4.69) is 26.1 Å². The van der Waals surface area contributed by atoms with Gasteiger partial charge in [0.15, 0.2) is 0 Å². The molecule has 0 saturated heterocycles. The summed E-state index contributed by atoms with van der Waals surface area (Å²) < 4.78 is 0. The van der Waals surface area contributed by atoms with Crippen LogP contribution in [0.25, 0.3) is 0 Å². The van der Waals surface area contributed by atoms with E-state index in [4.69, 9.17) is 5.73 Å². The molecule has 3 heteroatoms. The predicted octanol–water partition coefficient (Wildman–Crippen LogP) is 2.03. The lowest BCUT2D eigenvalue weighted by atomic mass is 9.88. The van der Waals surface area contributed by atoms with Crippen molar-refractivity contribution >= 4 is 0 Å². The van der Waals surface area contributed by atoms with Gasteiger partial charge in [-0.1, -0.05) is 26.7 Å². The second-order valence-corrected chi connectivity index (χ2v) is 5.07. The molecule has 0 saturated carbocycles. The zero-order valence-corrected chi connectivity index (χ0v) is 11.4. The van der Waals surface area contributed by atoms with Crippen LogP contribution in [0.5, 0.6) is 0 Å². The summed E-state index contributed by atoms with van der Waals surface area (Å²) in [5.74, 6) is 0. The molecule has 4 N–H and O–H groups in total. The number of hydrogen-bond donors (Lipinski definition) is 3. The van der Waals surface area contributed by atoms with Gasteiger partial charge in [0.1, 0.15) is 0 Å². The fraction of sp³-hybridized carbons (Fsp3) is 1.00. The van der Waals surface area contributed by atoms with E-state index in [1.54, 1.807) is 0 Å². The quantitative estimate of drug-likeness (QED) is 0.568. The highest BCUT2D eigenvalue weighted by Gasteiger charge is 2.27. The van der Waals surface area contributed by atoms with Crippen molar-refractivity contribution in [2.24, 2.45) is 5.73 Å². The van der Waals surface area contributed by atoms with Crippen molar-refractivity contribution in [3.63, 3.8) is 0 Å². The van der Waals surface area contributed by atoms with Crippen LogP contribution in [0.3, 0.4) is 0 Å². The van der Waals surface area contributed by atoms with E-state index < -0.39 is 0 Å². The Kier molecular flexibility index (Phi) is 7.98. The van der Waals surface area contributed by atoms with Crippen molar-refractivity contribution in [3.05, 3.63) is 0 Å². The van der Waals surface area contributed by atoms with Gasteiger partial charge in [-0.3, -0.25) is 0 Å². The van der Waals surface area contributed by atoms with Gasteiger partial charge in [0.25, 0.3) is 0 Å². The van der Waals surface area contributed by atoms with Crippen LogP contribution in [-0.4, -0.2) is 29.3 Å². The zero-order valence-electron chi connectivity index (χ0n) is 11.4. The van der Waals surface area contributed by atoms with E-state index in [0.717, 1.165) is 19.3 Å². The summed E-state index contributed by atoms with van der Waals surface area (Å²) >= 11 is 0. The number of nitrogens with one attached hydrogen (secondary N) is 1. The summed E-state index contributed by atoms with van der Waals surface area (Å²) in [5.41, 5.74) is 5.97. The molecule has 16 heavy (non-hydrogen) atoms. The predicted molar refractivity (Wildman–Crippen MR) is 70.5 cm³/mol. The summed E-state index contributed by atoms with van der Waals surface area (Å²) in [7, 11) is 0. The molecular weight excluding hydrogens is 200 g/mol. The molecule has 0 radical (unpaired) electrons. The molecule has 0 heterocycles. The molecule has 3 atom stereocenters. The molecule has 3 nitrogen and oxygen atoms in total. The molecule has 0 aromatic carbocycles. The van der Waals surface area contributed by atoms with Gasteiger partial charge in [0, 0.05) is 18.1 Å². The minimum Gasteiger partial charge on any atom is -0.393 e. The molecule has 0 aliphatic carbocycles. The van der Waals surface area contributed by atoms with E-state index in [9.17, 15) is 5.11 Å². The first kappa shape index (κ1) is 15.9. The summed E-state index contributed by atoms with van der Waals surface area (Å²) in [6.45, 7) is 9.02. The van der Waals surface area contributed by atoms with Gasteiger partial charge in [-0.05, 0) is 33.1 Å². The lowest BCUT2D eigenvalue weighted by molar-refractivity contribution is 0.155. The number of hydrogen-bond acceptors (Lipinski definition) is 3. The van der Waals surface area contributed by atoms with E-state index in [1.165, 1.54) is 12.8 Å². The number of unbranched alkanes of at least 4 members (excludes halogenated alkanes) is 1. The van der Waals surface area contributed by atoms with Gasteiger partial charge in [0.05, 0.1) is 6.10 Å². The van der Waals surface area contributed by atoms with Crippen LogP contribution in [0, 0.1) is 0 Å². The highest BCUT2D eigenvalue weighted by atomic mass is 16.3. The monoisotopic (exact) mass is 230 g/mol. The maximum absolute atomic E-state index is 9.37. The maximum atomic E-state index is 9.37. The minimum atomic E-state index is -0.249. The standard InChI is InChI=1S/C13H30N2O/c1-5-7-8-13(6-2,10-14)15-11(3)9-12(4)16/h11-12,15-16H,5-10,14H2,1-4H3. The van der Waals surface area contributed by atoms with Gasteiger partial charge < -0.3 is 16.2 Å². The van der Waals surface area contributed by atoms with Crippen molar-refractivity contribution in [2.75, 3.05) is 6.54 Å². The normalized spacial score (nSPS) is 19.1. The molecule has 0 aromatic heterocycles. The van der Waals surface area contributed by atoms with Crippen LogP contribution in [0.1, 0.15) is 59.8 Å². The molecule has 0 aliphatic rings. The van der Waals surface area contributed by atoms with E-state index >= 15 is 0 Å². The van der Waals surface area contributed by atoms with Crippen LogP contribution in [0.2, 0.25) is 0 Å². The minimum absolute atomic E-state index is 0.0598. The first-order valence-corrected chi connectivity index (χ1v) is 6.65. The van der Waals surface area contributed by atoms with Gasteiger partial charge in [-0.2, -0.15) is 0 Å². The van der Waals surface area contributed by atoms with Crippen molar-refractivity contribution in [2.45, 2.75) is 77.5 Å². The Hall–Kier alpha value is -0.120. The highest BCUT2D eigenvalue weighted by molar-refractivity contribution is 4.90. The molecule has 3 unspecified atom stereocenters. The lowest BCUT2D eigenvalue weighted by Crippen LogP contribution is -2.54. The summed E-state index contributed by atoms with van der Waals surface area (Å²) in [5, 5.41) is 13.0. The molecule has 0 rings (SSSR count). The topological polar surface area (TPSA) is 58.3 Å². The first-order chi connectivity index (χ1) is 7.49.